The molecule has 0 saturated heterocycles. The predicted molar refractivity (Wildman–Crippen MR) is 122 cm³/mol. The number of methoxy groups -OCH3 is 2. The second-order valence-corrected chi connectivity index (χ2v) is 8.52. The maximum Gasteiger partial charge on any atom is 0.257 e. The zero-order chi connectivity index (χ0) is 22.2. The van der Waals surface area contributed by atoms with Crippen molar-refractivity contribution in [2.24, 2.45) is 0 Å². The van der Waals surface area contributed by atoms with Gasteiger partial charge in [-0.05, 0) is 60.7 Å². The van der Waals surface area contributed by atoms with Crippen LogP contribution in [-0.4, -0.2) is 37.6 Å². The van der Waals surface area contributed by atoms with Crippen molar-refractivity contribution in [1.82, 2.24) is 4.90 Å². The molecule has 3 heterocycles. The molecule has 2 aliphatic heterocycles. The molecule has 2 aromatic carbocycles. The molecule has 1 unspecified atom stereocenters. The van der Waals surface area contributed by atoms with E-state index in [1.807, 2.05) is 17.0 Å². The highest BCUT2D eigenvalue weighted by Crippen LogP contribution is 2.35. The Kier molecular flexibility index (Phi) is 5.29. The van der Waals surface area contributed by atoms with Crippen LogP contribution >= 0.6 is 0 Å². The second kappa shape index (κ2) is 8.26. The standard InChI is InChI=1S/C26H28N2O4/c1-17-12-19-6-4-5-7-22(19)28(17)16-25-21(9-11-32-25)26(29)27-10-8-18-13-23(30-2)24(31-3)14-20(18)15-27/h4-7,9,11,13-14,17H,8,10,12,15-16H2,1-3H3. The average molecular weight is 433 g/mol. The number of carbonyl (C=O) groups excluding carboxylic acids is 1. The number of nitrogens with zero attached hydrogens (tertiary/aromatic N) is 2. The van der Waals surface area contributed by atoms with Gasteiger partial charge in [-0.15, -0.1) is 0 Å². The summed E-state index contributed by atoms with van der Waals surface area (Å²) >= 11 is 0. The molecule has 1 amide bonds. The van der Waals surface area contributed by atoms with Gasteiger partial charge in [0.1, 0.15) is 5.76 Å². The number of furan rings is 1. The SMILES string of the molecule is COc1cc2c(cc1OC)CN(C(=O)c1ccoc1CN1c3ccccc3CC1C)CC2. The van der Waals surface area contributed by atoms with Crippen molar-refractivity contribution in [3.8, 4) is 11.5 Å². The summed E-state index contributed by atoms with van der Waals surface area (Å²) < 4.78 is 16.7. The van der Waals surface area contributed by atoms with Gasteiger partial charge >= 0.3 is 0 Å². The third-order valence-corrected chi connectivity index (χ3v) is 6.64. The van der Waals surface area contributed by atoms with Crippen LogP contribution in [0.3, 0.4) is 0 Å². The lowest BCUT2D eigenvalue weighted by Crippen LogP contribution is -2.37. The number of para-hydroxylation sites is 1. The fourth-order valence-electron chi connectivity index (χ4n) is 4.91. The van der Waals surface area contributed by atoms with E-state index < -0.39 is 0 Å². The first-order valence-corrected chi connectivity index (χ1v) is 11.0. The van der Waals surface area contributed by atoms with Gasteiger partial charge in [0.05, 0.1) is 32.6 Å². The normalized spacial score (nSPS) is 17.2. The third-order valence-electron chi connectivity index (χ3n) is 6.64. The van der Waals surface area contributed by atoms with Crippen molar-refractivity contribution in [3.63, 3.8) is 0 Å². The molecule has 0 bridgehead atoms. The molecule has 5 rings (SSSR count). The van der Waals surface area contributed by atoms with Crippen molar-refractivity contribution in [3.05, 3.63) is 76.7 Å². The molecule has 0 N–H and O–H groups in total. The molecule has 6 nitrogen and oxygen atoms in total. The van der Waals surface area contributed by atoms with E-state index in [9.17, 15) is 4.79 Å². The Morgan fingerprint density at radius 2 is 1.81 bits per heavy atom. The average Bonchev–Trinajstić information content (AvgIpc) is 3.41. The zero-order valence-electron chi connectivity index (χ0n) is 18.8. The Bertz CT molecular complexity index is 1150. The fraction of sp³-hybridized carbons (Fsp3) is 0.346. The van der Waals surface area contributed by atoms with Gasteiger partial charge in [-0.1, -0.05) is 18.2 Å². The van der Waals surface area contributed by atoms with Crippen LogP contribution in [-0.2, 0) is 25.9 Å². The van der Waals surface area contributed by atoms with Crippen LogP contribution in [0.1, 0.15) is 39.7 Å². The van der Waals surface area contributed by atoms with Crippen LogP contribution in [0.25, 0.3) is 0 Å². The third kappa shape index (κ3) is 3.49. The van der Waals surface area contributed by atoms with Gasteiger partial charge in [0, 0.05) is 24.8 Å². The molecular formula is C26H28N2O4. The molecule has 0 aliphatic carbocycles. The minimum Gasteiger partial charge on any atom is -0.493 e. The van der Waals surface area contributed by atoms with Gasteiger partial charge in [0.15, 0.2) is 11.5 Å². The smallest absolute Gasteiger partial charge is 0.257 e. The molecule has 32 heavy (non-hydrogen) atoms. The van der Waals surface area contributed by atoms with E-state index in [1.54, 1.807) is 26.5 Å². The minimum absolute atomic E-state index is 0.00863. The number of anilines is 1. The summed E-state index contributed by atoms with van der Waals surface area (Å²) in [4.78, 5) is 17.7. The van der Waals surface area contributed by atoms with Crippen LogP contribution in [0.15, 0.2) is 53.1 Å². The topological polar surface area (TPSA) is 55.2 Å². The van der Waals surface area contributed by atoms with Crippen molar-refractivity contribution in [2.45, 2.75) is 38.9 Å². The summed E-state index contributed by atoms with van der Waals surface area (Å²) in [6, 6.07) is 14.6. The number of fused-ring (bicyclic) bond motifs is 2. The summed E-state index contributed by atoms with van der Waals surface area (Å²) in [5.41, 5.74) is 5.50. The molecule has 0 fully saturated rings. The maximum absolute atomic E-state index is 13.5. The monoisotopic (exact) mass is 432 g/mol. The van der Waals surface area contributed by atoms with Crippen LogP contribution < -0.4 is 14.4 Å². The van der Waals surface area contributed by atoms with E-state index in [0.717, 1.165) is 29.9 Å². The quantitative estimate of drug-likeness (QED) is 0.596. The highest BCUT2D eigenvalue weighted by molar-refractivity contribution is 5.95. The first-order chi connectivity index (χ1) is 15.6. The summed E-state index contributed by atoms with van der Waals surface area (Å²) in [7, 11) is 3.27. The summed E-state index contributed by atoms with van der Waals surface area (Å²) in [6.45, 7) is 4.01. The Labute approximate surface area is 188 Å². The Balaban J connectivity index is 1.37. The van der Waals surface area contributed by atoms with Gasteiger partial charge < -0.3 is 23.7 Å². The summed E-state index contributed by atoms with van der Waals surface area (Å²) in [5.74, 6) is 2.14. The number of ether oxygens (including phenoxy) is 2. The van der Waals surface area contributed by atoms with E-state index in [0.29, 0.717) is 37.0 Å². The van der Waals surface area contributed by atoms with E-state index in [2.05, 4.69) is 36.1 Å². The first kappa shape index (κ1) is 20.5. The van der Waals surface area contributed by atoms with Gasteiger partial charge in [0.2, 0.25) is 0 Å². The molecule has 1 aromatic heterocycles. The number of carbonyl (C=O) groups is 1. The number of rotatable bonds is 5. The van der Waals surface area contributed by atoms with Crippen molar-refractivity contribution in [1.29, 1.82) is 0 Å². The van der Waals surface area contributed by atoms with Crippen LogP contribution in [0, 0.1) is 0 Å². The van der Waals surface area contributed by atoms with Crippen LogP contribution in [0.2, 0.25) is 0 Å². The molecule has 0 radical (unpaired) electrons. The molecule has 166 valence electrons. The molecule has 1 atom stereocenters. The lowest BCUT2D eigenvalue weighted by Gasteiger charge is -2.30. The fourth-order valence-corrected chi connectivity index (χ4v) is 4.91. The van der Waals surface area contributed by atoms with Crippen molar-refractivity contribution in [2.75, 3.05) is 25.7 Å². The summed E-state index contributed by atoms with van der Waals surface area (Å²) in [5, 5.41) is 0. The molecule has 2 aliphatic rings. The van der Waals surface area contributed by atoms with Gasteiger partial charge in [-0.25, -0.2) is 0 Å². The molecular weight excluding hydrogens is 404 g/mol. The van der Waals surface area contributed by atoms with Gasteiger partial charge in [-0.2, -0.15) is 0 Å². The maximum atomic E-state index is 13.5. The van der Waals surface area contributed by atoms with Gasteiger partial charge in [-0.3, -0.25) is 4.79 Å². The number of hydrogen-bond donors (Lipinski definition) is 0. The minimum atomic E-state index is 0.00863. The van der Waals surface area contributed by atoms with Crippen molar-refractivity contribution < 1.29 is 18.7 Å². The lowest BCUT2D eigenvalue weighted by molar-refractivity contribution is 0.0732. The van der Waals surface area contributed by atoms with E-state index in [4.69, 9.17) is 13.9 Å². The molecule has 0 saturated carbocycles. The lowest BCUT2D eigenvalue weighted by atomic mass is 9.98. The van der Waals surface area contributed by atoms with Crippen LogP contribution in [0.4, 0.5) is 5.69 Å². The zero-order valence-corrected chi connectivity index (χ0v) is 18.8. The number of hydrogen-bond acceptors (Lipinski definition) is 5. The predicted octanol–water partition coefficient (Wildman–Crippen LogP) is 4.45. The number of amides is 1. The van der Waals surface area contributed by atoms with Gasteiger partial charge in [0.25, 0.3) is 5.91 Å². The Hall–Kier alpha value is -3.41. The highest BCUT2D eigenvalue weighted by atomic mass is 16.5. The Morgan fingerprint density at radius 1 is 1.06 bits per heavy atom. The molecule has 3 aromatic rings. The molecule has 0 spiro atoms. The second-order valence-electron chi connectivity index (χ2n) is 8.52. The first-order valence-electron chi connectivity index (χ1n) is 11.0. The summed E-state index contributed by atoms with van der Waals surface area (Å²) in [6.07, 6.45) is 3.42. The van der Waals surface area contributed by atoms with E-state index >= 15 is 0 Å². The Morgan fingerprint density at radius 3 is 2.59 bits per heavy atom. The largest absolute Gasteiger partial charge is 0.493 e. The van der Waals surface area contributed by atoms with Crippen molar-refractivity contribution >= 4 is 11.6 Å². The van der Waals surface area contributed by atoms with E-state index in [-0.39, 0.29) is 5.91 Å². The molecule has 6 heteroatoms. The van der Waals surface area contributed by atoms with Crippen LogP contribution in [0.5, 0.6) is 11.5 Å². The van der Waals surface area contributed by atoms with E-state index in [1.165, 1.54) is 16.8 Å². The number of benzene rings is 2. The highest BCUT2D eigenvalue weighted by Gasteiger charge is 2.30.